The third-order valence-corrected chi connectivity index (χ3v) is 4.73. The molecule has 0 aliphatic rings. The molecule has 0 rings (SSSR count). The summed E-state index contributed by atoms with van der Waals surface area (Å²) in [5.74, 6) is 1.29. The summed E-state index contributed by atoms with van der Waals surface area (Å²) in [6, 6.07) is -1.62. The van der Waals surface area contributed by atoms with Crippen LogP contribution in [0, 0.1) is 5.92 Å². The Morgan fingerprint density at radius 3 is 2.15 bits per heavy atom. The van der Waals surface area contributed by atoms with Crippen molar-refractivity contribution in [3.63, 3.8) is 0 Å². The molecule has 0 aliphatic carbocycles. The number of unbranched alkanes of at least 4 members (excludes halogenated alkanes) is 2. The molecule has 13 heavy (non-hydrogen) atoms. The fourth-order valence-corrected chi connectivity index (χ4v) is 4.82. The van der Waals surface area contributed by atoms with E-state index in [2.05, 4.69) is 6.92 Å². The third-order valence-electron chi connectivity index (χ3n) is 1.91. The van der Waals surface area contributed by atoms with Gasteiger partial charge in [-0.2, -0.15) is 0 Å². The number of halogens is 4. The predicted octanol–water partition coefficient (Wildman–Crippen LogP) is 5.08. The van der Waals surface area contributed by atoms with Crippen LogP contribution in [0.15, 0.2) is 0 Å². The summed E-state index contributed by atoms with van der Waals surface area (Å²) in [7, 11) is 0. The summed E-state index contributed by atoms with van der Waals surface area (Å²) in [4.78, 5) is 0. The number of hydrogen-bond acceptors (Lipinski definition) is 0. The Morgan fingerprint density at radius 2 is 1.69 bits per heavy atom. The van der Waals surface area contributed by atoms with Gasteiger partial charge in [0.15, 0.2) is 0 Å². The first-order chi connectivity index (χ1) is 5.95. The molecular weight excluding hydrogens is 266 g/mol. The molecule has 0 saturated carbocycles. The van der Waals surface area contributed by atoms with Crippen LogP contribution >= 0.6 is 44.8 Å². The van der Waals surface area contributed by atoms with Gasteiger partial charge in [0.2, 0.25) is 0 Å². The van der Waals surface area contributed by atoms with Crippen LogP contribution in [0.1, 0.15) is 32.6 Å². The first-order valence-corrected chi connectivity index (χ1v) is 10.4. The average molecular weight is 282 g/mol. The van der Waals surface area contributed by atoms with E-state index >= 15 is 0 Å². The molecule has 1 unspecified atom stereocenters. The van der Waals surface area contributed by atoms with Crippen LogP contribution in [0.25, 0.3) is 0 Å². The molecule has 0 aromatic heterocycles. The summed E-state index contributed by atoms with van der Waals surface area (Å²) in [5, 5.41) is 0. The van der Waals surface area contributed by atoms with E-state index in [0.29, 0.717) is 5.92 Å². The molecule has 0 aromatic rings. The maximum atomic E-state index is 5.82. The van der Waals surface area contributed by atoms with Crippen molar-refractivity contribution in [2.75, 3.05) is 5.88 Å². The van der Waals surface area contributed by atoms with Crippen molar-refractivity contribution in [3.05, 3.63) is 0 Å². The second-order valence-electron chi connectivity index (χ2n) is 3.46. The van der Waals surface area contributed by atoms with Crippen molar-refractivity contribution in [1.29, 1.82) is 0 Å². The Bertz CT molecular complexity index is 124. The highest BCUT2D eigenvalue weighted by Gasteiger charge is 2.27. The van der Waals surface area contributed by atoms with Gasteiger partial charge in [0.25, 0.3) is 0 Å². The van der Waals surface area contributed by atoms with Crippen LogP contribution < -0.4 is 0 Å². The topological polar surface area (TPSA) is 0 Å². The molecule has 0 amide bonds. The zero-order chi connectivity index (χ0) is 10.3. The van der Waals surface area contributed by atoms with Gasteiger partial charge in [0.1, 0.15) is 0 Å². The standard InChI is InChI=1S/C8H16Cl4Si/c1-8(7-13(10,11)12)5-3-2-4-6-9/h8H,2-7H2,1H3. The smallest absolute Gasteiger partial charge is 0.127 e. The average Bonchev–Trinajstić information content (AvgIpc) is 1.94. The normalized spacial score (nSPS) is 14.5. The van der Waals surface area contributed by atoms with E-state index in [4.69, 9.17) is 44.8 Å². The Hall–Kier alpha value is 1.38. The summed E-state index contributed by atoms with van der Waals surface area (Å²) in [6.07, 6.45) is 4.63. The molecule has 0 heterocycles. The molecule has 0 bridgehead atoms. The monoisotopic (exact) mass is 280 g/mol. The molecular formula is C8H16Cl4Si. The van der Waals surface area contributed by atoms with Crippen LogP contribution in [0.4, 0.5) is 0 Å². The second kappa shape index (κ2) is 7.64. The van der Waals surface area contributed by atoms with E-state index in [1.165, 1.54) is 12.8 Å². The van der Waals surface area contributed by atoms with Crippen LogP contribution in [0.3, 0.4) is 0 Å². The van der Waals surface area contributed by atoms with Gasteiger partial charge in [-0.3, -0.25) is 0 Å². The summed E-state index contributed by atoms with van der Waals surface area (Å²) in [6.45, 7) is 2.15. The predicted molar refractivity (Wildman–Crippen MR) is 66.5 cm³/mol. The molecule has 0 spiro atoms. The minimum absolute atomic E-state index is 0.537. The highest BCUT2D eigenvalue weighted by atomic mass is 35.8. The zero-order valence-electron chi connectivity index (χ0n) is 7.83. The molecule has 1 atom stereocenters. The van der Waals surface area contributed by atoms with E-state index < -0.39 is 6.00 Å². The minimum atomic E-state index is -2.40. The maximum Gasteiger partial charge on any atom is 0.341 e. The molecule has 5 heteroatoms. The van der Waals surface area contributed by atoms with E-state index in [-0.39, 0.29) is 0 Å². The molecule has 0 aliphatic heterocycles. The van der Waals surface area contributed by atoms with Crippen molar-refractivity contribution in [2.24, 2.45) is 5.92 Å². The summed E-state index contributed by atoms with van der Waals surface area (Å²) in [5.41, 5.74) is 0. The van der Waals surface area contributed by atoms with E-state index in [0.717, 1.165) is 24.8 Å². The lowest BCUT2D eigenvalue weighted by atomic mass is 10.1. The lowest BCUT2D eigenvalue weighted by molar-refractivity contribution is 0.533. The van der Waals surface area contributed by atoms with Crippen molar-refractivity contribution in [2.45, 2.75) is 38.7 Å². The van der Waals surface area contributed by atoms with Crippen molar-refractivity contribution < 1.29 is 0 Å². The quantitative estimate of drug-likeness (QED) is 0.264. The Kier molecular flexibility index (Phi) is 8.45. The molecule has 0 aromatic carbocycles. The van der Waals surface area contributed by atoms with E-state index in [1.54, 1.807) is 0 Å². The van der Waals surface area contributed by atoms with Gasteiger partial charge in [-0.1, -0.05) is 26.2 Å². The molecule has 0 N–H and O–H groups in total. The highest BCUT2D eigenvalue weighted by Crippen LogP contribution is 2.31. The van der Waals surface area contributed by atoms with Crippen molar-refractivity contribution >= 4 is 50.8 Å². The summed E-state index contributed by atoms with van der Waals surface area (Å²) >= 11 is 23.0. The molecule has 0 radical (unpaired) electrons. The first kappa shape index (κ1) is 14.4. The number of alkyl halides is 1. The fraction of sp³-hybridized carbons (Fsp3) is 1.00. The first-order valence-electron chi connectivity index (χ1n) is 4.58. The lowest BCUT2D eigenvalue weighted by Crippen LogP contribution is -2.13. The van der Waals surface area contributed by atoms with Gasteiger partial charge in [0.05, 0.1) is 0 Å². The fourth-order valence-electron chi connectivity index (χ4n) is 1.26. The molecule has 0 saturated heterocycles. The van der Waals surface area contributed by atoms with Gasteiger partial charge in [-0.05, 0) is 18.4 Å². The largest absolute Gasteiger partial charge is 0.341 e. The number of hydrogen-bond donors (Lipinski definition) is 0. The SMILES string of the molecule is CC(CCCCCCl)C[Si](Cl)(Cl)Cl. The second-order valence-corrected chi connectivity index (χ2v) is 13.0. The van der Waals surface area contributed by atoms with Gasteiger partial charge in [-0.15, -0.1) is 44.8 Å². The van der Waals surface area contributed by atoms with Gasteiger partial charge >= 0.3 is 6.00 Å². The van der Waals surface area contributed by atoms with Crippen molar-refractivity contribution in [1.82, 2.24) is 0 Å². The maximum absolute atomic E-state index is 5.82. The number of rotatable bonds is 7. The van der Waals surface area contributed by atoms with Crippen molar-refractivity contribution in [3.8, 4) is 0 Å². The van der Waals surface area contributed by atoms with Crippen LogP contribution in [-0.2, 0) is 0 Å². The third kappa shape index (κ3) is 11.3. The Morgan fingerprint density at radius 1 is 1.08 bits per heavy atom. The molecule has 0 nitrogen and oxygen atoms in total. The zero-order valence-corrected chi connectivity index (χ0v) is 11.9. The van der Waals surface area contributed by atoms with Gasteiger partial charge < -0.3 is 0 Å². The Balaban J connectivity index is 3.35. The molecule has 0 fully saturated rings. The van der Waals surface area contributed by atoms with E-state index in [9.17, 15) is 0 Å². The van der Waals surface area contributed by atoms with E-state index in [1.807, 2.05) is 0 Å². The summed E-state index contributed by atoms with van der Waals surface area (Å²) < 4.78 is 0. The van der Waals surface area contributed by atoms with Crippen LogP contribution in [0.2, 0.25) is 6.04 Å². The lowest BCUT2D eigenvalue weighted by Gasteiger charge is -2.14. The molecule has 80 valence electrons. The minimum Gasteiger partial charge on any atom is -0.127 e. The highest BCUT2D eigenvalue weighted by molar-refractivity contribution is 7.64. The van der Waals surface area contributed by atoms with Crippen LogP contribution in [0.5, 0.6) is 0 Å². The van der Waals surface area contributed by atoms with Gasteiger partial charge in [0, 0.05) is 5.88 Å². The van der Waals surface area contributed by atoms with Gasteiger partial charge in [-0.25, -0.2) is 0 Å². The van der Waals surface area contributed by atoms with Crippen LogP contribution in [-0.4, -0.2) is 11.9 Å². The Labute approximate surface area is 101 Å².